The van der Waals surface area contributed by atoms with Gasteiger partial charge in [0.1, 0.15) is 5.84 Å². The first kappa shape index (κ1) is 9.44. The highest BCUT2D eigenvalue weighted by Gasteiger charge is 2.19. The maximum absolute atomic E-state index is 7.68. The van der Waals surface area contributed by atoms with E-state index in [9.17, 15) is 0 Å². The molecule has 2 aliphatic rings. The van der Waals surface area contributed by atoms with E-state index in [4.69, 9.17) is 10.1 Å². The number of nitrogens with zero attached hydrogens (tertiary/aromatic N) is 1. The fraction of sp³-hybridized carbons (Fsp3) is 0.636. The molecule has 14 heavy (non-hydrogen) atoms. The van der Waals surface area contributed by atoms with Crippen molar-refractivity contribution in [1.82, 2.24) is 0 Å². The fourth-order valence-corrected chi connectivity index (χ4v) is 2.19. The molecule has 0 saturated carbocycles. The van der Waals surface area contributed by atoms with Crippen LogP contribution in [0.15, 0.2) is 16.1 Å². The van der Waals surface area contributed by atoms with E-state index in [1.165, 1.54) is 30.4 Å². The standard InChI is InChI=1S/C11H16N2O/c1-14-11-7-9-5-3-2-4-8(9)6-10(12)13-11/h12H,2-7H2,1H3. The van der Waals surface area contributed by atoms with Crippen molar-refractivity contribution in [3.8, 4) is 0 Å². The number of nitrogens with one attached hydrogen (secondary N) is 1. The molecule has 1 aliphatic heterocycles. The number of aliphatic imine (C=N–C) groups is 1. The Hall–Kier alpha value is -1.12. The molecule has 1 heterocycles. The SMILES string of the molecule is COC1=NC(=N)CC2=C(CCCC2)C1. The number of rotatable bonds is 0. The van der Waals surface area contributed by atoms with E-state index in [0.717, 1.165) is 19.3 Å². The van der Waals surface area contributed by atoms with Gasteiger partial charge in [-0.2, -0.15) is 0 Å². The number of hydrogen-bond donors (Lipinski definition) is 1. The summed E-state index contributed by atoms with van der Waals surface area (Å²) in [5.74, 6) is 1.16. The Morgan fingerprint density at radius 3 is 2.43 bits per heavy atom. The zero-order chi connectivity index (χ0) is 9.97. The van der Waals surface area contributed by atoms with Crippen LogP contribution in [0.3, 0.4) is 0 Å². The third-order valence-electron chi connectivity index (χ3n) is 2.95. The Labute approximate surface area is 84.4 Å². The van der Waals surface area contributed by atoms with E-state index >= 15 is 0 Å². The predicted molar refractivity (Wildman–Crippen MR) is 56.9 cm³/mol. The summed E-state index contributed by atoms with van der Waals surface area (Å²) in [4.78, 5) is 4.15. The van der Waals surface area contributed by atoms with Crippen molar-refractivity contribution in [2.75, 3.05) is 7.11 Å². The molecule has 0 saturated heterocycles. The second-order valence-electron chi connectivity index (χ2n) is 3.92. The monoisotopic (exact) mass is 192 g/mol. The van der Waals surface area contributed by atoms with Gasteiger partial charge in [-0.05, 0) is 25.7 Å². The van der Waals surface area contributed by atoms with Gasteiger partial charge in [0.15, 0.2) is 5.90 Å². The van der Waals surface area contributed by atoms with Crippen LogP contribution in [0, 0.1) is 5.41 Å². The van der Waals surface area contributed by atoms with Crippen molar-refractivity contribution in [1.29, 1.82) is 5.41 Å². The van der Waals surface area contributed by atoms with Gasteiger partial charge >= 0.3 is 0 Å². The van der Waals surface area contributed by atoms with Crippen LogP contribution in [0.25, 0.3) is 0 Å². The molecule has 0 aromatic carbocycles. The molecule has 0 aromatic rings. The summed E-state index contributed by atoms with van der Waals surface area (Å²) in [6.07, 6.45) is 6.45. The number of hydrogen-bond acceptors (Lipinski definition) is 2. The van der Waals surface area contributed by atoms with E-state index in [2.05, 4.69) is 4.99 Å². The van der Waals surface area contributed by atoms with Crippen LogP contribution in [-0.4, -0.2) is 18.8 Å². The maximum Gasteiger partial charge on any atom is 0.193 e. The summed E-state index contributed by atoms with van der Waals surface area (Å²) in [6.45, 7) is 0. The van der Waals surface area contributed by atoms with Crippen LogP contribution in [0.4, 0.5) is 0 Å². The molecule has 0 radical (unpaired) electrons. The molecule has 3 nitrogen and oxygen atoms in total. The zero-order valence-corrected chi connectivity index (χ0v) is 8.60. The average Bonchev–Trinajstić information content (AvgIpc) is 2.35. The lowest BCUT2D eigenvalue weighted by Crippen LogP contribution is -2.05. The second kappa shape index (κ2) is 3.95. The lowest BCUT2D eigenvalue weighted by Gasteiger charge is -2.17. The highest BCUT2D eigenvalue weighted by atomic mass is 16.5. The Balaban J connectivity index is 2.25. The van der Waals surface area contributed by atoms with E-state index in [1.807, 2.05) is 0 Å². The van der Waals surface area contributed by atoms with Crippen LogP contribution < -0.4 is 0 Å². The first-order chi connectivity index (χ1) is 6.79. The zero-order valence-electron chi connectivity index (χ0n) is 8.60. The summed E-state index contributed by atoms with van der Waals surface area (Å²) < 4.78 is 5.17. The van der Waals surface area contributed by atoms with Crippen molar-refractivity contribution in [2.45, 2.75) is 38.5 Å². The first-order valence-corrected chi connectivity index (χ1v) is 5.18. The minimum absolute atomic E-state index is 0.453. The summed E-state index contributed by atoms with van der Waals surface area (Å²) in [7, 11) is 1.64. The molecule has 76 valence electrons. The Kier molecular flexibility index (Phi) is 2.66. The van der Waals surface area contributed by atoms with E-state index in [1.54, 1.807) is 7.11 Å². The molecule has 0 spiro atoms. The van der Waals surface area contributed by atoms with Gasteiger partial charge in [-0.15, -0.1) is 0 Å². The third kappa shape index (κ3) is 1.86. The molecule has 2 rings (SSSR count). The predicted octanol–water partition coefficient (Wildman–Crippen LogP) is 2.67. The number of methoxy groups -OCH3 is 1. The molecule has 0 unspecified atom stereocenters. The smallest absolute Gasteiger partial charge is 0.193 e. The van der Waals surface area contributed by atoms with E-state index in [0.29, 0.717) is 11.7 Å². The van der Waals surface area contributed by atoms with Crippen LogP contribution >= 0.6 is 0 Å². The molecule has 1 N–H and O–H groups in total. The Morgan fingerprint density at radius 2 is 1.79 bits per heavy atom. The van der Waals surface area contributed by atoms with Gasteiger partial charge in [0.2, 0.25) is 0 Å². The first-order valence-electron chi connectivity index (χ1n) is 5.18. The number of ether oxygens (including phenoxy) is 1. The summed E-state index contributed by atoms with van der Waals surface area (Å²) in [5, 5.41) is 7.68. The fourth-order valence-electron chi connectivity index (χ4n) is 2.19. The number of amidine groups is 1. The quantitative estimate of drug-likeness (QED) is 0.589. The minimum Gasteiger partial charge on any atom is -0.484 e. The van der Waals surface area contributed by atoms with Crippen molar-refractivity contribution < 1.29 is 4.74 Å². The molecule has 1 aliphatic carbocycles. The Bertz CT molecular complexity index is 315. The normalized spacial score (nSPS) is 22.6. The van der Waals surface area contributed by atoms with Gasteiger partial charge in [-0.1, -0.05) is 11.1 Å². The van der Waals surface area contributed by atoms with Crippen molar-refractivity contribution >= 4 is 11.7 Å². The van der Waals surface area contributed by atoms with Gasteiger partial charge in [-0.3, -0.25) is 5.41 Å². The maximum atomic E-state index is 7.68. The van der Waals surface area contributed by atoms with Gasteiger partial charge in [-0.25, -0.2) is 4.99 Å². The highest BCUT2D eigenvalue weighted by molar-refractivity contribution is 5.96. The molecular formula is C11H16N2O. The molecule has 0 fully saturated rings. The summed E-state index contributed by atoms with van der Waals surface area (Å²) in [6, 6.07) is 0. The summed E-state index contributed by atoms with van der Waals surface area (Å²) in [5.41, 5.74) is 2.91. The van der Waals surface area contributed by atoms with E-state index in [-0.39, 0.29) is 0 Å². The van der Waals surface area contributed by atoms with Crippen LogP contribution in [0.1, 0.15) is 38.5 Å². The lowest BCUT2D eigenvalue weighted by atomic mass is 9.88. The molecule has 0 atom stereocenters. The molecular weight excluding hydrogens is 176 g/mol. The van der Waals surface area contributed by atoms with Crippen molar-refractivity contribution in [3.63, 3.8) is 0 Å². The molecule has 3 heteroatoms. The molecule has 0 aromatic heterocycles. The molecule has 0 bridgehead atoms. The highest BCUT2D eigenvalue weighted by Crippen LogP contribution is 2.31. The van der Waals surface area contributed by atoms with Crippen molar-refractivity contribution in [2.24, 2.45) is 4.99 Å². The average molecular weight is 192 g/mol. The summed E-state index contributed by atoms with van der Waals surface area (Å²) >= 11 is 0. The van der Waals surface area contributed by atoms with Gasteiger partial charge in [0.05, 0.1) is 7.11 Å². The van der Waals surface area contributed by atoms with Gasteiger partial charge in [0, 0.05) is 12.8 Å². The molecule has 0 amide bonds. The topological polar surface area (TPSA) is 45.4 Å². The third-order valence-corrected chi connectivity index (χ3v) is 2.95. The lowest BCUT2D eigenvalue weighted by molar-refractivity contribution is 0.393. The van der Waals surface area contributed by atoms with Crippen LogP contribution in [0.5, 0.6) is 0 Å². The van der Waals surface area contributed by atoms with Crippen LogP contribution in [-0.2, 0) is 4.74 Å². The van der Waals surface area contributed by atoms with Crippen molar-refractivity contribution in [3.05, 3.63) is 11.1 Å². The second-order valence-corrected chi connectivity index (χ2v) is 3.92. The van der Waals surface area contributed by atoms with Gasteiger partial charge in [0.25, 0.3) is 0 Å². The largest absolute Gasteiger partial charge is 0.484 e. The van der Waals surface area contributed by atoms with Gasteiger partial charge < -0.3 is 4.74 Å². The van der Waals surface area contributed by atoms with E-state index < -0.39 is 0 Å². The Morgan fingerprint density at radius 1 is 1.14 bits per heavy atom. The minimum atomic E-state index is 0.453. The van der Waals surface area contributed by atoms with Crippen LogP contribution in [0.2, 0.25) is 0 Å².